The molecular weight excluding hydrogens is 290 g/mol. The van der Waals surface area contributed by atoms with Gasteiger partial charge in [-0.1, -0.05) is 13.8 Å². The van der Waals surface area contributed by atoms with Crippen LogP contribution in [0, 0.1) is 6.92 Å². The Bertz CT molecular complexity index is 673. The molecule has 2 heterocycles. The first-order valence-corrected chi connectivity index (χ1v) is 7.35. The first-order chi connectivity index (χ1) is 9.92. The van der Waals surface area contributed by atoms with E-state index in [2.05, 4.69) is 20.0 Å². The molecule has 2 aromatic rings. The number of esters is 1. The van der Waals surface area contributed by atoms with Gasteiger partial charge in [-0.25, -0.2) is 9.78 Å². The van der Waals surface area contributed by atoms with Crippen LogP contribution in [0.1, 0.15) is 51.4 Å². The molecule has 2 aromatic heterocycles. The summed E-state index contributed by atoms with van der Waals surface area (Å²) in [7, 11) is 1.29. The summed E-state index contributed by atoms with van der Waals surface area (Å²) in [5.41, 5.74) is 2.26. The number of nitrogens with one attached hydrogen (secondary N) is 2. The Kier molecular flexibility index (Phi) is 4.42. The quantitative estimate of drug-likeness (QED) is 0.851. The van der Waals surface area contributed by atoms with Gasteiger partial charge in [0.2, 0.25) is 0 Å². The maximum absolute atomic E-state index is 12.2. The zero-order chi connectivity index (χ0) is 15.6. The van der Waals surface area contributed by atoms with E-state index < -0.39 is 5.97 Å². The number of carbonyl (C=O) groups excluding carboxylic acids is 2. The minimum absolute atomic E-state index is 0.226. The number of hydrogen-bond acceptors (Lipinski definition) is 5. The van der Waals surface area contributed by atoms with Crippen LogP contribution in [0.5, 0.6) is 0 Å². The van der Waals surface area contributed by atoms with Crippen molar-refractivity contribution in [2.45, 2.75) is 26.7 Å². The molecule has 0 bridgehead atoms. The van der Waals surface area contributed by atoms with Gasteiger partial charge in [-0.3, -0.25) is 4.79 Å². The van der Waals surface area contributed by atoms with Crippen molar-refractivity contribution in [3.05, 3.63) is 33.5 Å². The molecule has 21 heavy (non-hydrogen) atoms. The lowest BCUT2D eigenvalue weighted by molar-refractivity contribution is 0.0596. The van der Waals surface area contributed by atoms with E-state index in [4.69, 9.17) is 0 Å². The molecule has 0 radical (unpaired) electrons. The molecule has 0 fully saturated rings. The highest BCUT2D eigenvalue weighted by Gasteiger charge is 2.19. The fourth-order valence-corrected chi connectivity index (χ4v) is 2.66. The van der Waals surface area contributed by atoms with E-state index in [1.54, 1.807) is 13.0 Å². The number of aromatic amines is 1. The topological polar surface area (TPSA) is 84.1 Å². The molecule has 6 nitrogen and oxygen atoms in total. The number of anilines is 1. The third-order valence-corrected chi connectivity index (χ3v) is 3.76. The lowest BCUT2D eigenvalue weighted by Crippen LogP contribution is -2.14. The van der Waals surface area contributed by atoms with Gasteiger partial charge in [-0.05, 0) is 18.9 Å². The highest BCUT2D eigenvalue weighted by Crippen LogP contribution is 2.21. The van der Waals surface area contributed by atoms with Crippen LogP contribution in [-0.4, -0.2) is 29.0 Å². The monoisotopic (exact) mass is 307 g/mol. The number of amides is 1. The second-order valence-electron chi connectivity index (χ2n) is 4.92. The average Bonchev–Trinajstić information content (AvgIpc) is 3.04. The number of aryl methyl sites for hydroxylation is 1. The van der Waals surface area contributed by atoms with Crippen molar-refractivity contribution in [1.29, 1.82) is 0 Å². The van der Waals surface area contributed by atoms with E-state index in [-0.39, 0.29) is 17.5 Å². The molecule has 2 rings (SSSR count). The van der Waals surface area contributed by atoms with E-state index >= 15 is 0 Å². The Morgan fingerprint density at radius 3 is 2.71 bits per heavy atom. The zero-order valence-corrected chi connectivity index (χ0v) is 13.1. The third kappa shape index (κ3) is 3.30. The maximum Gasteiger partial charge on any atom is 0.356 e. The number of ether oxygens (including phenoxy) is 1. The number of H-pyrrole nitrogens is 1. The summed E-state index contributed by atoms with van der Waals surface area (Å²) in [5, 5.41) is 4.93. The number of thiazole rings is 1. The van der Waals surface area contributed by atoms with E-state index in [1.165, 1.54) is 18.4 Å². The molecule has 0 saturated carbocycles. The fraction of sp³-hybridized carbons (Fsp3) is 0.357. The van der Waals surface area contributed by atoms with Gasteiger partial charge in [-0.15, -0.1) is 11.3 Å². The van der Waals surface area contributed by atoms with Crippen LogP contribution in [-0.2, 0) is 4.74 Å². The van der Waals surface area contributed by atoms with Crippen molar-refractivity contribution in [2.24, 2.45) is 0 Å². The van der Waals surface area contributed by atoms with Crippen molar-refractivity contribution in [1.82, 2.24) is 9.97 Å². The predicted molar refractivity (Wildman–Crippen MR) is 81.0 cm³/mol. The van der Waals surface area contributed by atoms with Gasteiger partial charge < -0.3 is 15.0 Å². The molecule has 0 spiro atoms. The molecule has 0 aliphatic carbocycles. The van der Waals surface area contributed by atoms with Gasteiger partial charge in [0.15, 0.2) is 5.01 Å². The molecule has 0 aromatic carbocycles. The lowest BCUT2D eigenvalue weighted by Gasteiger charge is -2.03. The average molecular weight is 307 g/mol. The smallest absolute Gasteiger partial charge is 0.356 e. The van der Waals surface area contributed by atoms with Crippen molar-refractivity contribution >= 4 is 28.9 Å². The lowest BCUT2D eigenvalue weighted by atomic mass is 10.2. The summed E-state index contributed by atoms with van der Waals surface area (Å²) < 4.78 is 4.68. The van der Waals surface area contributed by atoms with Crippen molar-refractivity contribution in [3.63, 3.8) is 0 Å². The molecule has 1 amide bonds. The molecule has 0 atom stereocenters. The van der Waals surface area contributed by atoms with E-state index in [0.29, 0.717) is 10.7 Å². The van der Waals surface area contributed by atoms with Crippen molar-refractivity contribution in [2.75, 3.05) is 12.4 Å². The number of aromatic nitrogens is 2. The summed E-state index contributed by atoms with van der Waals surface area (Å²) in [5.74, 6) is -0.598. The van der Waals surface area contributed by atoms with Gasteiger partial charge in [-0.2, -0.15) is 0 Å². The first kappa shape index (κ1) is 15.2. The van der Waals surface area contributed by atoms with Crippen LogP contribution in [0.15, 0.2) is 11.4 Å². The summed E-state index contributed by atoms with van der Waals surface area (Å²) in [6.07, 6.45) is 0. The SMILES string of the molecule is COC(=O)c1[nH]c(C)cc1NC(=O)c1nc(C(C)C)cs1. The van der Waals surface area contributed by atoms with Crippen LogP contribution < -0.4 is 5.32 Å². The molecule has 7 heteroatoms. The Labute approximate surface area is 126 Å². The van der Waals surface area contributed by atoms with Crippen LogP contribution in [0.3, 0.4) is 0 Å². The number of hydrogen-bond donors (Lipinski definition) is 2. The minimum atomic E-state index is -0.527. The Balaban J connectivity index is 2.21. The third-order valence-electron chi connectivity index (χ3n) is 2.90. The van der Waals surface area contributed by atoms with E-state index in [1.807, 2.05) is 19.2 Å². The van der Waals surface area contributed by atoms with Gasteiger partial charge in [0, 0.05) is 11.1 Å². The van der Waals surface area contributed by atoms with Crippen LogP contribution in [0.25, 0.3) is 0 Å². The van der Waals surface area contributed by atoms with Crippen molar-refractivity contribution in [3.8, 4) is 0 Å². The highest BCUT2D eigenvalue weighted by atomic mass is 32.1. The maximum atomic E-state index is 12.2. The van der Waals surface area contributed by atoms with Gasteiger partial charge in [0.1, 0.15) is 5.69 Å². The normalized spacial score (nSPS) is 10.7. The molecule has 0 saturated heterocycles. The molecule has 112 valence electrons. The van der Waals surface area contributed by atoms with Crippen LogP contribution >= 0.6 is 11.3 Å². The fourth-order valence-electron chi connectivity index (χ4n) is 1.78. The zero-order valence-electron chi connectivity index (χ0n) is 12.3. The Morgan fingerprint density at radius 1 is 1.43 bits per heavy atom. The number of methoxy groups -OCH3 is 1. The van der Waals surface area contributed by atoms with Crippen LogP contribution in [0.2, 0.25) is 0 Å². The number of carbonyl (C=O) groups is 2. The summed E-state index contributed by atoms with van der Waals surface area (Å²) >= 11 is 1.28. The molecule has 2 N–H and O–H groups in total. The molecule has 0 aliphatic rings. The van der Waals surface area contributed by atoms with E-state index in [0.717, 1.165) is 11.4 Å². The Morgan fingerprint density at radius 2 is 2.14 bits per heavy atom. The summed E-state index contributed by atoms with van der Waals surface area (Å²) in [6, 6.07) is 1.68. The van der Waals surface area contributed by atoms with Gasteiger partial charge in [0.05, 0.1) is 18.5 Å². The van der Waals surface area contributed by atoms with Gasteiger partial charge >= 0.3 is 5.97 Å². The minimum Gasteiger partial charge on any atom is -0.464 e. The molecular formula is C14H17N3O3S. The number of nitrogens with zero attached hydrogens (tertiary/aromatic N) is 1. The van der Waals surface area contributed by atoms with Crippen LogP contribution in [0.4, 0.5) is 5.69 Å². The largest absolute Gasteiger partial charge is 0.464 e. The van der Waals surface area contributed by atoms with E-state index in [9.17, 15) is 9.59 Å². The second kappa shape index (κ2) is 6.09. The summed E-state index contributed by atoms with van der Waals surface area (Å²) in [6.45, 7) is 5.82. The summed E-state index contributed by atoms with van der Waals surface area (Å²) in [4.78, 5) is 31.0. The number of rotatable bonds is 4. The first-order valence-electron chi connectivity index (χ1n) is 6.47. The highest BCUT2D eigenvalue weighted by molar-refractivity contribution is 7.11. The molecule has 0 unspecified atom stereocenters. The standard InChI is InChI=1S/C14H17N3O3S/c1-7(2)10-6-21-13(17-10)12(18)16-9-5-8(3)15-11(9)14(19)20-4/h5-7,15H,1-4H3,(H,16,18). The Hall–Kier alpha value is -2.15. The van der Waals surface area contributed by atoms with Gasteiger partial charge in [0.25, 0.3) is 5.91 Å². The second-order valence-corrected chi connectivity index (χ2v) is 5.78. The van der Waals surface area contributed by atoms with Crippen molar-refractivity contribution < 1.29 is 14.3 Å². The molecule has 0 aliphatic heterocycles. The predicted octanol–water partition coefficient (Wildman–Crippen LogP) is 2.94.